The van der Waals surface area contributed by atoms with Crippen molar-refractivity contribution in [3.63, 3.8) is 0 Å². The third-order valence-corrected chi connectivity index (χ3v) is 5.14. The van der Waals surface area contributed by atoms with E-state index in [4.69, 9.17) is 4.42 Å². The van der Waals surface area contributed by atoms with Gasteiger partial charge in [-0.1, -0.05) is 19.1 Å². The molecule has 3 heterocycles. The first kappa shape index (κ1) is 16.8. The van der Waals surface area contributed by atoms with Gasteiger partial charge >= 0.3 is 0 Å². The van der Waals surface area contributed by atoms with Crippen LogP contribution in [0.1, 0.15) is 54.0 Å². The number of hydrogen-bond donors (Lipinski definition) is 0. The summed E-state index contributed by atoms with van der Waals surface area (Å²) < 4.78 is 7.85. The number of fused-ring (bicyclic) bond motifs is 1. The van der Waals surface area contributed by atoms with E-state index in [0.29, 0.717) is 12.1 Å². The van der Waals surface area contributed by atoms with Crippen molar-refractivity contribution in [2.24, 2.45) is 0 Å². The second kappa shape index (κ2) is 6.94. The first-order chi connectivity index (χ1) is 12.7. The summed E-state index contributed by atoms with van der Waals surface area (Å²) in [5, 5.41) is 4.37. The lowest BCUT2D eigenvalue weighted by Crippen LogP contribution is -2.39. The van der Waals surface area contributed by atoms with Crippen molar-refractivity contribution < 1.29 is 9.21 Å². The van der Waals surface area contributed by atoms with E-state index in [2.05, 4.69) is 17.0 Å². The SMILES string of the molecule is CCCn1ncc(C(=O)N2CCCC(c3nc4ccccc4o3)C2)c1C. The number of benzene rings is 1. The molecule has 0 N–H and O–H groups in total. The molecule has 1 unspecified atom stereocenters. The number of para-hydroxylation sites is 2. The summed E-state index contributed by atoms with van der Waals surface area (Å²) in [6.07, 6.45) is 4.65. The third-order valence-electron chi connectivity index (χ3n) is 5.14. The monoisotopic (exact) mass is 352 g/mol. The molecule has 136 valence electrons. The molecule has 0 saturated carbocycles. The largest absolute Gasteiger partial charge is 0.440 e. The summed E-state index contributed by atoms with van der Waals surface area (Å²) in [4.78, 5) is 19.6. The number of oxazole rings is 1. The number of likely N-dealkylation sites (tertiary alicyclic amines) is 1. The first-order valence-electron chi connectivity index (χ1n) is 9.34. The van der Waals surface area contributed by atoms with E-state index in [1.807, 2.05) is 40.8 Å². The van der Waals surface area contributed by atoms with Gasteiger partial charge in [0, 0.05) is 25.3 Å². The third kappa shape index (κ3) is 3.00. The summed E-state index contributed by atoms with van der Waals surface area (Å²) in [6.45, 7) is 6.33. The molecular weight excluding hydrogens is 328 g/mol. The standard InChI is InChI=1S/C20H24N4O2/c1-3-10-24-14(2)16(12-21-24)20(25)23-11-6-7-15(13-23)19-22-17-8-4-5-9-18(17)26-19/h4-5,8-9,12,15H,3,6-7,10-11,13H2,1-2H3. The smallest absolute Gasteiger partial charge is 0.257 e. The molecule has 2 aromatic heterocycles. The van der Waals surface area contributed by atoms with E-state index in [1.165, 1.54) is 0 Å². The number of aromatic nitrogens is 3. The van der Waals surface area contributed by atoms with Gasteiger partial charge in [-0.25, -0.2) is 4.98 Å². The Morgan fingerprint density at radius 3 is 3.00 bits per heavy atom. The van der Waals surface area contributed by atoms with Gasteiger partial charge in [0.2, 0.25) is 0 Å². The molecule has 0 aliphatic carbocycles. The van der Waals surface area contributed by atoms with E-state index >= 15 is 0 Å². The highest BCUT2D eigenvalue weighted by Gasteiger charge is 2.30. The van der Waals surface area contributed by atoms with Gasteiger partial charge in [-0.15, -0.1) is 0 Å². The van der Waals surface area contributed by atoms with Gasteiger partial charge < -0.3 is 9.32 Å². The molecular formula is C20H24N4O2. The number of carbonyl (C=O) groups excluding carboxylic acids is 1. The van der Waals surface area contributed by atoms with E-state index in [0.717, 1.165) is 55.0 Å². The molecule has 1 saturated heterocycles. The second-order valence-corrected chi connectivity index (χ2v) is 6.98. The highest BCUT2D eigenvalue weighted by Crippen LogP contribution is 2.29. The topological polar surface area (TPSA) is 64.2 Å². The van der Waals surface area contributed by atoms with Gasteiger partial charge in [0.15, 0.2) is 11.5 Å². The summed E-state index contributed by atoms with van der Waals surface area (Å²) in [6, 6.07) is 7.80. The minimum absolute atomic E-state index is 0.0608. The normalized spacial score (nSPS) is 17.8. The molecule has 1 atom stereocenters. The first-order valence-corrected chi connectivity index (χ1v) is 9.34. The molecule has 26 heavy (non-hydrogen) atoms. The van der Waals surface area contributed by atoms with Crippen molar-refractivity contribution in [1.29, 1.82) is 0 Å². The molecule has 6 nitrogen and oxygen atoms in total. The average molecular weight is 352 g/mol. The Hall–Kier alpha value is -2.63. The van der Waals surface area contributed by atoms with Crippen LogP contribution in [0.25, 0.3) is 11.1 Å². The van der Waals surface area contributed by atoms with Crippen LogP contribution < -0.4 is 0 Å². The lowest BCUT2D eigenvalue weighted by Gasteiger charge is -2.31. The van der Waals surface area contributed by atoms with Crippen molar-refractivity contribution in [3.05, 3.63) is 47.6 Å². The van der Waals surface area contributed by atoms with E-state index < -0.39 is 0 Å². The van der Waals surface area contributed by atoms with Crippen LogP contribution in [-0.4, -0.2) is 38.7 Å². The van der Waals surface area contributed by atoms with Gasteiger partial charge in [0.1, 0.15) is 5.52 Å². The van der Waals surface area contributed by atoms with Gasteiger partial charge in [0.25, 0.3) is 5.91 Å². The van der Waals surface area contributed by atoms with Crippen LogP contribution in [0.4, 0.5) is 0 Å². The molecule has 1 fully saturated rings. The number of hydrogen-bond acceptors (Lipinski definition) is 4. The quantitative estimate of drug-likeness (QED) is 0.717. The zero-order chi connectivity index (χ0) is 18.1. The Balaban J connectivity index is 1.53. The highest BCUT2D eigenvalue weighted by atomic mass is 16.3. The molecule has 3 aromatic rings. The maximum Gasteiger partial charge on any atom is 0.257 e. The van der Waals surface area contributed by atoms with Crippen molar-refractivity contribution in [2.75, 3.05) is 13.1 Å². The van der Waals surface area contributed by atoms with Crippen LogP contribution in [0.15, 0.2) is 34.9 Å². The lowest BCUT2D eigenvalue weighted by molar-refractivity contribution is 0.0698. The fourth-order valence-electron chi connectivity index (χ4n) is 3.69. The fraction of sp³-hybridized carbons (Fsp3) is 0.450. The maximum atomic E-state index is 13.0. The number of nitrogens with zero attached hydrogens (tertiary/aromatic N) is 4. The van der Waals surface area contributed by atoms with Gasteiger partial charge in [0.05, 0.1) is 17.7 Å². The number of carbonyl (C=O) groups is 1. The van der Waals surface area contributed by atoms with Crippen molar-refractivity contribution in [3.8, 4) is 0 Å². The Morgan fingerprint density at radius 2 is 2.19 bits per heavy atom. The van der Waals surface area contributed by atoms with Crippen LogP contribution in [0.5, 0.6) is 0 Å². The van der Waals surface area contributed by atoms with Gasteiger partial charge in [-0.2, -0.15) is 5.10 Å². The number of rotatable bonds is 4. The van der Waals surface area contributed by atoms with Gasteiger partial charge in [-0.05, 0) is 38.3 Å². The van der Waals surface area contributed by atoms with Crippen LogP contribution in [0, 0.1) is 6.92 Å². The predicted molar refractivity (Wildman–Crippen MR) is 99.1 cm³/mol. The Labute approximate surface area is 152 Å². The summed E-state index contributed by atoms with van der Waals surface area (Å²) >= 11 is 0. The van der Waals surface area contributed by atoms with E-state index in [-0.39, 0.29) is 11.8 Å². The zero-order valence-electron chi connectivity index (χ0n) is 15.3. The average Bonchev–Trinajstić information content (AvgIpc) is 3.26. The number of amides is 1. The predicted octanol–water partition coefficient (Wildman–Crippen LogP) is 3.76. The van der Waals surface area contributed by atoms with Crippen LogP contribution >= 0.6 is 0 Å². The van der Waals surface area contributed by atoms with Crippen molar-refractivity contribution in [2.45, 2.75) is 45.6 Å². The minimum atomic E-state index is 0.0608. The van der Waals surface area contributed by atoms with Crippen LogP contribution in [-0.2, 0) is 6.54 Å². The highest BCUT2D eigenvalue weighted by molar-refractivity contribution is 5.95. The molecule has 4 rings (SSSR count). The minimum Gasteiger partial charge on any atom is -0.440 e. The van der Waals surface area contributed by atoms with Crippen molar-refractivity contribution in [1.82, 2.24) is 19.7 Å². The molecule has 1 amide bonds. The van der Waals surface area contributed by atoms with Crippen LogP contribution in [0.3, 0.4) is 0 Å². The lowest BCUT2D eigenvalue weighted by atomic mass is 9.97. The number of aryl methyl sites for hydroxylation is 1. The fourth-order valence-corrected chi connectivity index (χ4v) is 3.69. The second-order valence-electron chi connectivity index (χ2n) is 6.98. The molecule has 6 heteroatoms. The maximum absolute atomic E-state index is 13.0. The summed E-state index contributed by atoms with van der Waals surface area (Å²) in [7, 11) is 0. The van der Waals surface area contributed by atoms with Gasteiger partial charge in [-0.3, -0.25) is 9.48 Å². The molecule has 0 radical (unpaired) electrons. The molecule has 1 aliphatic rings. The Morgan fingerprint density at radius 1 is 1.35 bits per heavy atom. The number of piperidine rings is 1. The van der Waals surface area contributed by atoms with E-state index in [9.17, 15) is 4.79 Å². The summed E-state index contributed by atoms with van der Waals surface area (Å²) in [5.74, 6) is 0.943. The Kier molecular flexibility index (Phi) is 4.49. The van der Waals surface area contributed by atoms with E-state index in [1.54, 1.807) is 6.20 Å². The zero-order valence-corrected chi connectivity index (χ0v) is 15.3. The molecule has 0 bridgehead atoms. The van der Waals surface area contributed by atoms with Crippen molar-refractivity contribution >= 4 is 17.0 Å². The molecule has 0 spiro atoms. The van der Waals surface area contributed by atoms with Crippen LogP contribution in [0.2, 0.25) is 0 Å². The Bertz CT molecular complexity index is 894. The molecule has 1 aromatic carbocycles. The molecule has 1 aliphatic heterocycles. The summed E-state index contributed by atoms with van der Waals surface area (Å²) in [5.41, 5.74) is 3.34.